The normalized spacial score (nSPS) is 12.5. The van der Waals surface area contributed by atoms with E-state index in [4.69, 9.17) is 0 Å². The number of rotatable bonds is 17. The van der Waals surface area contributed by atoms with Gasteiger partial charge in [-0.2, -0.15) is 0 Å². The zero-order chi connectivity index (χ0) is 20.3. The maximum atomic E-state index is 11.1. The molecule has 0 saturated heterocycles. The van der Waals surface area contributed by atoms with Crippen LogP contribution in [0.2, 0.25) is 0 Å². The van der Waals surface area contributed by atoms with Crippen LogP contribution in [0.1, 0.15) is 84.0 Å². The summed E-state index contributed by atoms with van der Waals surface area (Å²) >= 11 is 0. The number of hydrogen-bond donors (Lipinski definition) is 0. The fourth-order valence-electron chi connectivity index (χ4n) is 2.56. The maximum absolute atomic E-state index is 11.1. The molecule has 0 unspecified atom stereocenters. The van der Waals surface area contributed by atoms with E-state index < -0.39 is 9.85 Å². The molecule has 0 heterocycles. The van der Waals surface area contributed by atoms with Crippen LogP contribution in [0.4, 0.5) is 0 Å². The minimum atomic E-state index is -0.455. The summed E-state index contributed by atoms with van der Waals surface area (Å²) in [5, 5.41) is 22.2. The van der Waals surface area contributed by atoms with E-state index in [1.165, 1.54) is 25.0 Å². The standard InChI is InChI=1S/C20H32N2O5/c1-2-3-4-5-7-10-14-19(21(24)25)16-13-17-20(22(26)27)15-11-8-6-9-12-18-23/h8,11,16-18H,2-7,9-10,12-15H2,1H3/b11-8+,19-16-,20-17-. The van der Waals surface area contributed by atoms with Crippen molar-refractivity contribution >= 4 is 6.29 Å². The molecule has 0 aromatic heterocycles. The molecule has 0 aliphatic carbocycles. The summed E-state index contributed by atoms with van der Waals surface area (Å²) in [6.45, 7) is 2.14. The van der Waals surface area contributed by atoms with Crippen molar-refractivity contribution in [3.63, 3.8) is 0 Å². The molecule has 0 radical (unpaired) electrons. The molecule has 7 heteroatoms. The first-order valence-corrected chi connectivity index (χ1v) is 9.78. The highest BCUT2D eigenvalue weighted by Crippen LogP contribution is 2.14. The van der Waals surface area contributed by atoms with E-state index in [1.54, 1.807) is 6.08 Å². The first-order chi connectivity index (χ1) is 13.0. The summed E-state index contributed by atoms with van der Waals surface area (Å²) in [6, 6.07) is 0. The predicted molar refractivity (Wildman–Crippen MR) is 106 cm³/mol. The largest absolute Gasteiger partial charge is 0.303 e. The van der Waals surface area contributed by atoms with Crippen LogP contribution in [0.5, 0.6) is 0 Å². The van der Waals surface area contributed by atoms with Gasteiger partial charge in [-0.1, -0.05) is 51.2 Å². The first kappa shape index (κ1) is 24.7. The second kappa shape index (κ2) is 17.1. The maximum Gasteiger partial charge on any atom is 0.246 e. The molecular weight excluding hydrogens is 348 g/mol. The van der Waals surface area contributed by atoms with Crippen molar-refractivity contribution < 1.29 is 14.6 Å². The Morgan fingerprint density at radius 3 is 2.07 bits per heavy atom. The fourth-order valence-corrected chi connectivity index (χ4v) is 2.56. The highest BCUT2D eigenvalue weighted by atomic mass is 16.6. The lowest BCUT2D eigenvalue weighted by molar-refractivity contribution is -0.428. The van der Waals surface area contributed by atoms with Crippen molar-refractivity contribution in [1.29, 1.82) is 0 Å². The van der Waals surface area contributed by atoms with Crippen molar-refractivity contribution in [2.45, 2.75) is 84.0 Å². The van der Waals surface area contributed by atoms with Crippen molar-refractivity contribution in [2.75, 3.05) is 0 Å². The Balaban J connectivity index is 4.48. The molecule has 0 bridgehead atoms. The molecule has 0 spiro atoms. The Kier molecular flexibility index (Phi) is 15.7. The molecule has 0 aromatic rings. The van der Waals surface area contributed by atoms with Crippen LogP contribution in [0.3, 0.4) is 0 Å². The van der Waals surface area contributed by atoms with Gasteiger partial charge in [-0.15, -0.1) is 0 Å². The molecule has 152 valence electrons. The van der Waals surface area contributed by atoms with Gasteiger partial charge < -0.3 is 4.79 Å². The zero-order valence-corrected chi connectivity index (χ0v) is 16.3. The molecule has 27 heavy (non-hydrogen) atoms. The predicted octanol–water partition coefficient (Wildman–Crippen LogP) is 5.76. The Hall–Kier alpha value is -2.31. The smallest absolute Gasteiger partial charge is 0.246 e. The van der Waals surface area contributed by atoms with E-state index in [9.17, 15) is 25.0 Å². The number of aldehydes is 1. The molecule has 0 rings (SSSR count). The third-order valence-corrected chi connectivity index (χ3v) is 4.15. The third-order valence-electron chi connectivity index (χ3n) is 4.15. The van der Waals surface area contributed by atoms with Crippen LogP contribution in [0.25, 0.3) is 0 Å². The number of nitrogens with zero attached hydrogens (tertiary/aromatic N) is 2. The minimum absolute atomic E-state index is 0.0279. The lowest BCUT2D eigenvalue weighted by Gasteiger charge is -2.00. The molecule has 0 aliphatic rings. The second-order valence-electron chi connectivity index (χ2n) is 6.43. The van der Waals surface area contributed by atoms with Crippen LogP contribution >= 0.6 is 0 Å². The average Bonchev–Trinajstić information content (AvgIpc) is 2.63. The summed E-state index contributed by atoms with van der Waals surface area (Å²) in [4.78, 5) is 31.6. The van der Waals surface area contributed by atoms with E-state index in [1.807, 2.05) is 6.08 Å². The van der Waals surface area contributed by atoms with Gasteiger partial charge >= 0.3 is 0 Å². The van der Waals surface area contributed by atoms with Crippen LogP contribution in [0, 0.1) is 20.2 Å². The first-order valence-electron chi connectivity index (χ1n) is 9.78. The summed E-state index contributed by atoms with van der Waals surface area (Å²) in [7, 11) is 0. The van der Waals surface area contributed by atoms with E-state index >= 15 is 0 Å². The van der Waals surface area contributed by atoms with Gasteiger partial charge in [0.05, 0.1) is 16.3 Å². The molecule has 0 N–H and O–H groups in total. The second-order valence-corrected chi connectivity index (χ2v) is 6.43. The van der Waals surface area contributed by atoms with Gasteiger partial charge in [-0.05, 0) is 37.8 Å². The lowest BCUT2D eigenvalue weighted by atomic mass is 10.1. The number of allylic oxidation sites excluding steroid dienone is 5. The zero-order valence-electron chi connectivity index (χ0n) is 16.3. The average molecular weight is 380 g/mol. The van der Waals surface area contributed by atoms with E-state index in [-0.39, 0.29) is 24.2 Å². The summed E-state index contributed by atoms with van der Waals surface area (Å²) in [6.07, 6.45) is 16.3. The molecule has 7 nitrogen and oxygen atoms in total. The molecule has 0 fully saturated rings. The van der Waals surface area contributed by atoms with Gasteiger partial charge in [0.15, 0.2) is 0 Å². The fraction of sp³-hybridized carbons (Fsp3) is 0.650. The van der Waals surface area contributed by atoms with Crippen LogP contribution in [-0.2, 0) is 4.79 Å². The summed E-state index contributed by atoms with van der Waals surface area (Å²) in [5.41, 5.74) is 0.161. The van der Waals surface area contributed by atoms with Gasteiger partial charge in [0.1, 0.15) is 6.29 Å². The Bertz CT molecular complexity index is 538. The monoisotopic (exact) mass is 380 g/mol. The van der Waals surface area contributed by atoms with Crippen molar-refractivity contribution in [2.24, 2.45) is 0 Å². The third kappa shape index (κ3) is 14.5. The summed E-state index contributed by atoms with van der Waals surface area (Å²) in [5.74, 6) is 0. The molecule has 0 saturated carbocycles. The van der Waals surface area contributed by atoms with Crippen molar-refractivity contribution in [3.8, 4) is 0 Å². The SMILES string of the molecule is CCCCCCCC/C(=C/C/C=C(/C/C=C/CCCC=O)[N+](=O)[O-])[N+](=O)[O-]. The molecule has 0 amide bonds. The number of carbonyl (C=O) groups is 1. The summed E-state index contributed by atoms with van der Waals surface area (Å²) < 4.78 is 0. The molecule has 0 aliphatic heterocycles. The van der Waals surface area contributed by atoms with Crippen LogP contribution in [-0.4, -0.2) is 16.1 Å². The van der Waals surface area contributed by atoms with Gasteiger partial charge in [0.25, 0.3) is 0 Å². The molecule has 0 atom stereocenters. The number of nitro groups is 2. The van der Waals surface area contributed by atoms with E-state index in [0.29, 0.717) is 19.3 Å². The van der Waals surface area contributed by atoms with Crippen LogP contribution < -0.4 is 0 Å². The van der Waals surface area contributed by atoms with Gasteiger partial charge in [-0.3, -0.25) is 20.2 Å². The number of hydrogen-bond acceptors (Lipinski definition) is 5. The highest BCUT2D eigenvalue weighted by molar-refractivity contribution is 5.49. The quantitative estimate of drug-likeness (QED) is 0.105. The van der Waals surface area contributed by atoms with Gasteiger partial charge in [0.2, 0.25) is 11.4 Å². The van der Waals surface area contributed by atoms with E-state index in [0.717, 1.165) is 38.4 Å². The Morgan fingerprint density at radius 2 is 1.44 bits per heavy atom. The van der Waals surface area contributed by atoms with Crippen LogP contribution in [0.15, 0.2) is 35.7 Å². The Labute approximate surface area is 161 Å². The Morgan fingerprint density at radius 1 is 0.815 bits per heavy atom. The number of carbonyl (C=O) groups excluding carboxylic acids is 1. The molecular formula is C20H32N2O5. The highest BCUT2D eigenvalue weighted by Gasteiger charge is 2.11. The van der Waals surface area contributed by atoms with Crippen molar-refractivity contribution in [1.82, 2.24) is 0 Å². The van der Waals surface area contributed by atoms with Gasteiger partial charge in [-0.25, -0.2) is 0 Å². The molecule has 0 aromatic carbocycles. The lowest BCUT2D eigenvalue weighted by Crippen LogP contribution is -2.00. The minimum Gasteiger partial charge on any atom is -0.303 e. The van der Waals surface area contributed by atoms with Crippen molar-refractivity contribution in [3.05, 3.63) is 55.9 Å². The topological polar surface area (TPSA) is 103 Å². The van der Waals surface area contributed by atoms with Gasteiger partial charge in [0, 0.05) is 12.8 Å². The van der Waals surface area contributed by atoms with E-state index in [2.05, 4.69) is 6.92 Å². The number of unbranched alkanes of at least 4 members (excludes halogenated alkanes) is 7.